The van der Waals surface area contributed by atoms with Crippen LogP contribution in [0.15, 0.2) is 0 Å². The van der Waals surface area contributed by atoms with Crippen LogP contribution in [0, 0.1) is 39.4 Å². The van der Waals surface area contributed by atoms with Gasteiger partial charge in [-0.05, 0) is 6.42 Å². The lowest BCUT2D eigenvalue weighted by Gasteiger charge is -2.08. The van der Waals surface area contributed by atoms with Crippen LogP contribution in [-0.2, 0) is 4.74 Å². The summed E-state index contributed by atoms with van der Waals surface area (Å²) >= 11 is 0. The third-order valence-corrected chi connectivity index (χ3v) is 1.24. The zero-order valence-electron chi connectivity index (χ0n) is 6.87. The van der Waals surface area contributed by atoms with E-state index in [0.717, 1.165) is 6.42 Å². The molecule has 0 unspecified atom stereocenters. The largest absolute Gasteiger partial charge is 0.378 e. The van der Waals surface area contributed by atoms with Gasteiger partial charge in [0.1, 0.15) is 18.2 Å². The van der Waals surface area contributed by atoms with E-state index in [4.69, 9.17) is 20.5 Å². The number of hydrogen-bond donors (Lipinski definition) is 0. The molecule has 0 amide bonds. The van der Waals surface area contributed by atoms with Gasteiger partial charge in [0.15, 0.2) is 0 Å². The molecule has 0 aromatic heterocycles. The van der Waals surface area contributed by atoms with Crippen molar-refractivity contribution in [2.75, 3.05) is 13.2 Å². The Morgan fingerprint density at radius 1 is 1.17 bits per heavy atom. The van der Waals surface area contributed by atoms with Gasteiger partial charge < -0.3 is 4.74 Å². The van der Waals surface area contributed by atoms with Crippen molar-refractivity contribution in [2.45, 2.75) is 13.3 Å². The van der Waals surface area contributed by atoms with Crippen molar-refractivity contribution >= 4 is 0 Å². The van der Waals surface area contributed by atoms with E-state index in [2.05, 4.69) is 0 Å². The molecule has 62 valence electrons. The number of nitrogens with zero attached hydrogens (tertiary/aromatic N) is 3. The van der Waals surface area contributed by atoms with Crippen LogP contribution in [0.4, 0.5) is 0 Å². The van der Waals surface area contributed by atoms with Crippen LogP contribution < -0.4 is 0 Å². The topological polar surface area (TPSA) is 80.6 Å². The lowest BCUT2D eigenvalue weighted by Crippen LogP contribution is -2.21. The maximum Gasteiger partial charge on any atom is 0.251 e. The Labute approximate surface area is 71.6 Å². The molecule has 0 rings (SSSR count). The summed E-state index contributed by atoms with van der Waals surface area (Å²) in [4.78, 5) is 0. The highest BCUT2D eigenvalue weighted by Gasteiger charge is 2.30. The molecule has 12 heavy (non-hydrogen) atoms. The van der Waals surface area contributed by atoms with Crippen molar-refractivity contribution in [3.63, 3.8) is 0 Å². The first-order chi connectivity index (χ1) is 5.74. The van der Waals surface area contributed by atoms with Crippen LogP contribution in [0.1, 0.15) is 13.3 Å². The van der Waals surface area contributed by atoms with Crippen molar-refractivity contribution in [1.29, 1.82) is 15.8 Å². The smallest absolute Gasteiger partial charge is 0.251 e. The average molecular weight is 163 g/mol. The minimum atomic E-state index is -1.63. The Morgan fingerprint density at radius 2 is 1.67 bits per heavy atom. The number of rotatable bonds is 4. The molecule has 0 radical (unpaired) electrons. The van der Waals surface area contributed by atoms with Gasteiger partial charge in [0, 0.05) is 6.61 Å². The maximum atomic E-state index is 8.50. The highest BCUT2D eigenvalue weighted by Crippen LogP contribution is 2.13. The summed E-state index contributed by atoms with van der Waals surface area (Å²) in [6.07, 6.45) is 0.804. The highest BCUT2D eigenvalue weighted by molar-refractivity contribution is 5.25. The maximum absolute atomic E-state index is 8.50. The normalized spacial score (nSPS) is 9.50. The SMILES string of the molecule is CCCOCC(C#N)(C#N)C#N. The fourth-order valence-electron chi connectivity index (χ4n) is 0.541. The van der Waals surface area contributed by atoms with E-state index in [9.17, 15) is 0 Å². The molecule has 0 fully saturated rings. The van der Waals surface area contributed by atoms with Gasteiger partial charge in [-0.3, -0.25) is 0 Å². The first-order valence-electron chi connectivity index (χ1n) is 3.56. The van der Waals surface area contributed by atoms with Crippen LogP contribution in [-0.4, -0.2) is 13.2 Å². The van der Waals surface area contributed by atoms with Crippen molar-refractivity contribution in [2.24, 2.45) is 5.41 Å². The third kappa shape index (κ3) is 2.58. The summed E-state index contributed by atoms with van der Waals surface area (Å²) in [7, 11) is 0. The van der Waals surface area contributed by atoms with E-state index in [-0.39, 0.29) is 6.61 Å². The number of nitriles is 3. The molecule has 0 atom stereocenters. The van der Waals surface area contributed by atoms with Crippen molar-refractivity contribution in [3.05, 3.63) is 0 Å². The van der Waals surface area contributed by atoms with E-state index < -0.39 is 5.41 Å². The fraction of sp³-hybridized carbons (Fsp3) is 0.625. The molecule has 0 saturated heterocycles. The van der Waals surface area contributed by atoms with E-state index in [1.807, 2.05) is 6.92 Å². The molecule has 0 N–H and O–H groups in total. The van der Waals surface area contributed by atoms with Gasteiger partial charge in [0.05, 0.1) is 6.61 Å². The molecule has 0 aliphatic heterocycles. The molecule has 0 aromatic carbocycles. The molecule has 0 bridgehead atoms. The predicted octanol–water partition coefficient (Wildman–Crippen LogP) is 0.970. The predicted molar refractivity (Wildman–Crippen MR) is 40.4 cm³/mol. The number of ether oxygens (including phenoxy) is 1. The Morgan fingerprint density at radius 3 is 2.00 bits per heavy atom. The second kappa shape index (κ2) is 5.13. The Kier molecular flexibility index (Phi) is 4.46. The van der Waals surface area contributed by atoms with Gasteiger partial charge in [0.2, 0.25) is 0 Å². The summed E-state index contributed by atoms with van der Waals surface area (Å²) < 4.78 is 4.95. The average Bonchev–Trinajstić information content (AvgIpc) is 2.14. The molecule has 0 aromatic rings. The van der Waals surface area contributed by atoms with Gasteiger partial charge in [-0.2, -0.15) is 15.8 Å². The van der Waals surface area contributed by atoms with E-state index >= 15 is 0 Å². The summed E-state index contributed by atoms with van der Waals surface area (Å²) in [6, 6.07) is 4.88. The summed E-state index contributed by atoms with van der Waals surface area (Å²) in [5, 5.41) is 25.5. The van der Waals surface area contributed by atoms with Gasteiger partial charge in [0.25, 0.3) is 5.41 Å². The lowest BCUT2D eigenvalue weighted by atomic mass is 9.96. The third-order valence-electron chi connectivity index (χ3n) is 1.24. The van der Waals surface area contributed by atoms with Crippen LogP contribution in [0.3, 0.4) is 0 Å². The zero-order valence-corrected chi connectivity index (χ0v) is 6.87. The highest BCUT2D eigenvalue weighted by atomic mass is 16.5. The summed E-state index contributed by atoms with van der Waals surface area (Å²) in [5.74, 6) is 0. The molecule has 4 nitrogen and oxygen atoms in total. The minimum Gasteiger partial charge on any atom is -0.378 e. The molecule has 4 heteroatoms. The first-order valence-corrected chi connectivity index (χ1v) is 3.56. The Bertz CT molecular complexity index is 217. The second-order valence-corrected chi connectivity index (χ2v) is 2.29. The van der Waals surface area contributed by atoms with Crippen LogP contribution in [0.25, 0.3) is 0 Å². The Balaban J connectivity index is 4.11. The summed E-state index contributed by atoms with van der Waals surface area (Å²) in [5.41, 5.74) is -1.63. The molecule has 0 spiro atoms. The standard InChI is InChI=1S/C8H9N3O/c1-2-3-12-7-8(4-9,5-10)6-11/h2-3,7H2,1H3. The Hall–Kier alpha value is -1.57. The van der Waals surface area contributed by atoms with Gasteiger partial charge >= 0.3 is 0 Å². The van der Waals surface area contributed by atoms with E-state index in [0.29, 0.717) is 6.61 Å². The molecule has 0 aliphatic rings. The van der Waals surface area contributed by atoms with Gasteiger partial charge in [-0.1, -0.05) is 6.92 Å². The lowest BCUT2D eigenvalue weighted by molar-refractivity contribution is 0.110. The van der Waals surface area contributed by atoms with Crippen molar-refractivity contribution in [1.82, 2.24) is 0 Å². The van der Waals surface area contributed by atoms with E-state index in [1.54, 1.807) is 18.2 Å². The zero-order chi connectivity index (χ0) is 9.45. The summed E-state index contributed by atoms with van der Waals surface area (Å²) in [6.45, 7) is 2.24. The van der Waals surface area contributed by atoms with Crippen molar-refractivity contribution < 1.29 is 4.74 Å². The minimum absolute atomic E-state index is 0.135. The van der Waals surface area contributed by atoms with Crippen LogP contribution >= 0.6 is 0 Å². The van der Waals surface area contributed by atoms with Gasteiger partial charge in [-0.15, -0.1) is 0 Å². The number of hydrogen-bond acceptors (Lipinski definition) is 4. The van der Waals surface area contributed by atoms with Crippen LogP contribution in [0.2, 0.25) is 0 Å². The van der Waals surface area contributed by atoms with E-state index in [1.165, 1.54) is 0 Å². The molecular weight excluding hydrogens is 154 g/mol. The van der Waals surface area contributed by atoms with Gasteiger partial charge in [-0.25, -0.2) is 0 Å². The fourth-order valence-corrected chi connectivity index (χ4v) is 0.541. The quantitative estimate of drug-likeness (QED) is 0.578. The first kappa shape index (κ1) is 10.4. The second-order valence-electron chi connectivity index (χ2n) is 2.29. The molecule has 0 saturated carbocycles. The molecular formula is C8H9N3O. The molecule has 0 aliphatic carbocycles. The molecule has 0 heterocycles. The monoisotopic (exact) mass is 163 g/mol. The van der Waals surface area contributed by atoms with Crippen LogP contribution in [0.5, 0.6) is 0 Å². The van der Waals surface area contributed by atoms with Crippen molar-refractivity contribution in [3.8, 4) is 18.2 Å².